The lowest BCUT2D eigenvalue weighted by molar-refractivity contribution is -0.358. The molecule has 2 aliphatic rings. The summed E-state index contributed by atoms with van der Waals surface area (Å²) in [5.74, 6) is -1.83. The van der Waals surface area contributed by atoms with E-state index >= 15 is 0 Å². The summed E-state index contributed by atoms with van der Waals surface area (Å²) in [6.07, 6.45) is -9.93. The molecule has 2 heterocycles. The van der Waals surface area contributed by atoms with Crippen LogP contribution in [0.15, 0.2) is 121 Å². The van der Waals surface area contributed by atoms with Crippen molar-refractivity contribution in [3.63, 3.8) is 0 Å². The highest BCUT2D eigenvalue weighted by Crippen LogP contribution is 2.36. The second-order valence-electron chi connectivity index (χ2n) is 14.8. The summed E-state index contributed by atoms with van der Waals surface area (Å²) < 4.78 is 63.8. The van der Waals surface area contributed by atoms with Gasteiger partial charge in [-0.05, 0) is 29.2 Å². The number of hydrogen-bond acceptors (Lipinski definition) is 13. The van der Waals surface area contributed by atoms with E-state index in [-0.39, 0.29) is 33.0 Å². The van der Waals surface area contributed by atoms with Crippen molar-refractivity contribution in [1.82, 2.24) is 0 Å². The molecule has 0 aliphatic carbocycles. The third-order valence-corrected chi connectivity index (χ3v) is 10.1. The molecule has 320 valence electrons. The summed E-state index contributed by atoms with van der Waals surface area (Å²) in [5, 5.41) is 0. The van der Waals surface area contributed by atoms with Gasteiger partial charge in [-0.2, -0.15) is 0 Å². The van der Waals surface area contributed by atoms with Crippen molar-refractivity contribution >= 4 is 17.9 Å². The Morgan fingerprint density at radius 1 is 0.467 bits per heavy atom. The van der Waals surface area contributed by atoms with E-state index in [0.717, 1.165) is 22.3 Å². The van der Waals surface area contributed by atoms with Crippen LogP contribution in [0.4, 0.5) is 0 Å². The zero-order valence-electron chi connectivity index (χ0n) is 34.4. The monoisotopic (exact) mass is 826 g/mol. The largest absolute Gasteiger partial charge is 0.463 e. The third-order valence-electron chi connectivity index (χ3n) is 10.1. The van der Waals surface area contributed by atoms with E-state index in [1.807, 2.05) is 121 Å². The van der Waals surface area contributed by atoms with Crippen molar-refractivity contribution in [3.8, 4) is 0 Å². The minimum Gasteiger partial charge on any atom is -0.463 e. The van der Waals surface area contributed by atoms with Crippen LogP contribution in [0.1, 0.15) is 49.9 Å². The van der Waals surface area contributed by atoms with Gasteiger partial charge in [-0.3, -0.25) is 14.4 Å². The zero-order chi connectivity index (χ0) is 42.3. The van der Waals surface area contributed by atoms with Gasteiger partial charge in [0.05, 0.1) is 39.1 Å². The van der Waals surface area contributed by atoms with Crippen molar-refractivity contribution in [2.45, 2.75) is 115 Å². The molecule has 0 bridgehead atoms. The van der Waals surface area contributed by atoms with Crippen LogP contribution >= 0.6 is 0 Å². The van der Waals surface area contributed by atoms with E-state index in [4.69, 9.17) is 47.4 Å². The highest BCUT2D eigenvalue weighted by Gasteiger charge is 2.55. The molecule has 10 atom stereocenters. The molecule has 0 aromatic heterocycles. The molecule has 2 fully saturated rings. The summed E-state index contributed by atoms with van der Waals surface area (Å²) in [7, 11) is 0. The molecule has 13 nitrogen and oxygen atoms in total. The molecule has 0 amide bonds. The SMILES string of the molecule is CC(=O)OC[C@H]1O[C@@H](C)[C@@H](OC(C)=O)[C@@H](OC2O[C@H](COCc3ccccc3)[C@@H](OCc3ccccc3)[C@H](OCc3ccccc3)[C@H]2OCc2ccccc2)[C@@H]1OC(C)=O. The molecule has 0 saturated carbocycles. The smallest absolute Gasteiger partial charge is 0.303 e. The Labute approximate surface area is 351 Å². The number of rotatable bonds is 19. The van der Waals surface area contributed by atoms with E-state index in [9.17, 15) is 14.4 Å². The number of carbonyl (C=O) groups excluding carboxylic acids is 3. The minimum absolute atomic E-state index is 0.0603. The molecule has 0 N–H and O–H groups in total. The summed E-state index contributed by atoms with van der Waals surface area (Å²) in [6, 6.07) is 38.9. The predicted molar refractivity (Wildman–Crippen MR) is 217 cm³/mol. The average molecular weight is 827 g/mol. The van der Waals surface area contributed by atoms with Gasteiger partial charge in [0.1, 0.15) is 43.2 Å². The fraction of sp³-hybridized carbons (Fsp3) is 0.426. The van der Waals surface area contributed by atoms with Gasteiger partial charge in [-0.15, -0.1) is 0 Å². The Hall–Kier alpha value is -4.99. The first-order valence-electron chi connectivity index (χ1n) is 20.2. The number of esters is 3. The van der Waals surface area contributed by atoms with Gasteiger partial charge in [0, 0.05) is 20.8 Å². The summed E-state index contributed by atoms with van der Waals surface area (Å²) in [5.41, 5.74) is 3.70. The molecule has 2 aliphatic heterocycles. The second kappa shape index (κ2) is 22.6. The number of benzene rings is 4. The highest BCUT2D eigenvalue weighted by molar-refractivity contribution is 5.67. The van der Waals surface area contributed by atoms with E-state index in [1.54, 1.807) is 6.92 Å². The molecule has 4 aromatic rings. The van der Waals surface area contributed by atoms with Gasteiger partial charge in [0.25, 0.3) is 0 Å². The second-order valence-corrected chi connectivity index (χ2v) is 14.8. The van der Waals surface area contributed by atoms with E-state index in [2.05, 4.69) is 0 Å². The quantitative estimate of drug-likeness (QED) is 0.0774. The lowest BCUT2D eigenvalue weighted by Crippen LogP contribution is -2.66. The summed E-state index contributed by atoms with van der Waals surface area (Å²) in [6.45, 7) is 6.10. The van der Waals surface area contributed by atoms with Crippen LogP contribution in [0.3, 0.4) is 0 Å². The minimum atomic E-state index is -1.25. The van der Waals surface area contributed by atoms with Crippen LogP contribution in [0.5, 0.6) is 0 Å². The van der Waals surface area contributed by atoms with Crippen LogP contribution in [0.2, 0.25) is 0 Å². The lowest BCUT2D eigenvalue weighted by atomic mass is 9.94. The Balaban J connectivity index is 1.41. The molecule has 0 spiro atoms. The molecule has 1 unspecified atom stereocenters. The first kappa shape index (κ1) is 44.6. The van der Waals surface area contributed by atoms with E-state index in [1.165, 1.54) is 20.8 Å². The number of ether oxygens (including phenoxy) is 10. The van der Waals surface area contributed by atoms with Crippen LogP contribution in [0.25, 0.3) is 0 Å². The maximum absolute atomic E-state index is 12.7. The number of hydrogen-bond donors (Lipinski definition) is 0. The van der Waals surface area contributed by atoms with Gasteiger partial charge < -0.3 is 47.4 Å². The Kier molecular flexibility index (Phi) is 16.8. The molecule has 13 heteroatoms. The molecule has 6 rings (SSSR count). The maximum Gasteiger partial charge on any atom is 0.303 e. The van der Waals surface area contributed by atoms with E-state index in [0.29, 0.717) is 6.61 Å². The Morgan fingerprint density at radius 3 is 1.38 bits per heavy atom. The normalized spacial score (nSPS) is 26.5. The van der Waals surface area contributed by atoms with E-state index < -0.39 is 79.1 Å². The Bertz CT molecular complexity index is 1900. The molecule has 2 saturated heterocycles. The molecule has 60 heavy (non-hydrogen) atoms. The topological polar surface area (TPSA) is 144 Å². The lowest BCUT2D eigenvalue weighted by Gasteiger charge is -2.49. The van der Waals surface area contributed by atoms with Crippen molar-refractivity contribution in [3.05, 3.63) is 144 Å². The first-order valence-corrected chi connectivity index (χ1v) is 20.2. The molecular weight excluding hydrogens is 773 g/mol. The van der Waals surface area contributed by atoms with Gasteiger partial charge >= 0.3 is 17.9 Å². The van der Waals surface area contributed by atoms with Crippen LogP contribution < -0.4 is 0 Å². The summed E-state index contributed by atoms with van der Waals surface area (Å²) in [4.78, 5) is 37.3. The fourth-order valence-corrected chi connectivity index (χ4v) is 7.29. The summed E-state index contributed by atoms with van der Waals surface area (Å²) >= 11 is 0. The van der Waals surface area contributed by atoms with Crippen LogP contribution in [0, 0.1) is 0 Å². The van der Waals surface area contributed by atoms with Crippen molar-refractivity contribution in [2.75, 3.05) is 13.2 Å². The van der Waals surface area contributed by atoms with Gasteiger partial charge in [-0.25, -0.2) is 0 Å². The van der Waals surface area contributed by atoms with Gasteiger partial charge in [-0.1, -0.05) is 121 Å². The fourth-order valence-electron chi connectivity index (χ4n) is 7.29. The zero-order valence-corrected chi connectivity index (χ0v) is 34.4. The highest BCUT2D eigenvalue weighted by atomic mass is 16.7. The van der Waals surface area contributed by atoms with Crippen molar-refractivity contribution in [1.29, 1.82) is 0 Å². The van der Waals surface area contributed by atoms with Crippen LogP contribution in [-0.4, -0.2) is 92.3 Å². The first-order chi connectivity index (χ1) is 29.1. The van der Waals surface area contributed by atoms with Crippen molar-refractivity contribution in [2.24, 2.45) is 0 Å². The van der Waals surface area contributed by atoms with Crippen LogP contribution in [-0.2, 0) is 88.2 Å². The predicted octanol–water partition coefficient (Wildman–Crippen LogP) is 6.28. The maximum atomic E-state index is 12.7. The van der Waals surface area contributed by atoms with Gasteiger partial charge in [0.2, 0.25) is 0 Å². The number of carbonyl (C=O) groups is 3. The molecule has 0 radical (unpaired) electrons. The van der Waals surface area contributed by atoms with Gasteiger partial charge in [0.15, 0.2) is 18.5 Å². The average Bonchev–Trinajstić information content (AvgIpc) is 3.24. The Morgan fingerprint density at radius 2 is 0.900 bits per heavy atom. The van der Waals surface area contributed by atoms with Crippen molar-refractivity contribution < 1.29 is 61.8 Å². The molecular formula is C47H54O13. The molecule has 4 aromatic carbocycles. The standard InChI is InChI=1S/C47H54O13/c1-31-41(57-33(3)49)45(43(58-34(4)50)40(56-31)30-52-32(2)48)60-47-46(55-28-38-23-15-8-16-24-38)44(54-27-37-21-13-7-14-22-37)42(53-26-36-19-11-6-12-20-36)39(59-47)29-51-25-35-17-9-5-10-18-35/h5-24,31,39-47H,25-30H2,1-4H3/t31-,39+,40+,41+,42+,43+,44-,45+,46+,47?/m0/s1. The third kappa shape index (κ3) is 13.0.